The standard InChI is InChI=1S/C11H10BrNO/c12-9-4-7-2-1-3-13-10(14)6-8(5-9)11(7)13/h4-5H,1-3,6H2. The second kappa shape index (κ2) is 2.83. The highest BCUT2D eigenvalue weighted by molar-refractivity contribution is 9.10. The van der Waals surface area contributed by atoms with Crippen LogP contribution in [0.15, 0.2) is 16.6 Å². The van der Waals surface area contributed by atoms with Gasteiger partial charge in [-0.15, -0.1) is 0 Å². The maximum Gasteiger partial charge on any atom is 0.231 e. The fourth-order valence-corrected chi connectivity index (χ4v) is 2.99. The van der Waals surface area contributed by atoms with E-state index in [1.165, 1.54) is 16.8 Å². The molecule has 0 bridgehead atoms. The van der Waals surface area contributed by atoms with Gasteiger partial charge in [-0.05, 0) is 36.1 Å². The number of hydrogen-bond donors (Lipinski definition) is 0. The molecule has 0 aromatic heterocycles. The molecular weight excluding hydrogens is 242 g/mol. The quantitative estimate of drug-likeness (QED) is 0.693. The highest BCUT2D eigenvalue weighted by Gasteiger charge is 2.31. The second-order valence-electron chi connectivity index (χ2n) is 3.90. The number of amides is 1. The monoisotopic (exact) mass is 251 g/mol. The molecule has 0 saturated heterocycles. The molecule has 0 fully saturated rings. The van der Waals surface area contributed by atoms with Crippen LogP contribution in [-0.2, 0) is 17.6 Å². The fourth-order valence-electron chi connectivity index (χ4n) is 2.44. The van der Waals surface area contributed by atoms with Crippen LogP contribution in [0.5, 0.6) is 0 Å². The average Bonchev–Trinajstić information content (AvgIpc) is 2.45. The third-order valence-corrected chi connectivity index (χ3v) is 3.43. The van der Waals surface area contributed by atoms with Crippen molar-refractivity contribution in [2.24, 2.45) is 0 Å². The molecule has 3 heteroatoms. The zero-order valence-corrected chi connectivity index (χ0v) is 9.30. The average molecular weight is 252 g/mol. The van der Waals surface area contributed by atoms with E-state index in [-0.39, 0.29) is 5.91 Å². The Morgan fingerprint density at radius 1 is 1.29 bits per heavy atom. The predicted octanol–water partition coefficient (Wildman–Crippen LogP) is 2.28. The minimum atomic E-state index is 0.263. The van der Waals surface area contributed by atoms with Crippen LogP contribution in [0.4, 0.5) is 5.69 Å². The lowest BCUT2D eigenvalue weighted by Gasteiger charge is -2.25. The van der Waals surface area contributed by atoms with E-state index in [1.54, 1.807) is 0 Å². The zero-order chi connectivity index (χ0) is 9.71. The number of nitrogens with zero attached hydrogens (tertiary/aromatic N) is 1. The third-order valence-electron chi connectivity index (χ3n) is 2.97. The number of carbonyl (C=O) groups is 1. The molecule has 1 aromatic rings. The van der Waals surface area contributed by atoms with Gasteiger partial charge in [0.2, 0.25) is 5.91 Å². The number of aryl methyl sites for hydroxylation is 1. The smallest absolute Gasteiger partial charge is 0.231 e. The van der Waals surface area contributed by atoms with Crippen molar-refractivity contribution in [3.8, 4) is 0 Å². The van der Waals surface area contributed by atoms with Crippen LogP contribution in [0, 0.1) is 0 Å². The van der Waals surface area contributed by atoms with Crippen molar-refractivity contribution in [2.75, 3.05) is 11.4 Å². The molecule has 14 heavy (non-hydrogen) atoms. The number of hydrogen-bond acceptors (Lipinski definition) is 1. The lowest BCUT2D eigenvalue weighted by Crippen LogP contribution is -2.31. The lowest BCUT2D eigenvalue weighted by molar-refractivity contribution is -0.117. The van der Waals surface area contributed by atoms with E-state index in [1.807, 2.05) is 4.90 Å². The maximum absolute atomic E-state index is 11.7. The summed E-state index contributed by atoms with van der Waals surface area (Å²) >= 11 is 3.49. The Kier molecular flexibility index (Phi) is 1.71. The summed E-state index contributed by atoms with van der Waals surface area (Å²) in [7, 11) is 0. The van der Waals surface area contributed by atoms with Gasteiger partial charge in [-0.25, -0.2) is 0 Å². The molecule has 0 spiro atoms. The summed E-state index contributed by atoms with van der Waals surface area (Å²) in [6.07, 6.45) is 2.78. The van der Waals surface area contributed by atoms with Crippen LogP contribution in [0.3, 0.4) is 0 Å². The van der Waals surface area contributed by atoms with E-state index in [4.69, 9.17) is 0 Å². The van der Waals surface area contributed by atoms with Crippen LogP contribution >= 0.6 is 15.9 Å². The van der Waals surface area contributed by atoms with E-state index in [0.29, 0.717) is 6.42 Å². The Hall–Kier alpha value is -0.830. The predicted molar refractivity (Wildman–Crippen MR) is 58.5 cm³/mol. The van der Waals surface area contributed by atoms with Gasteiger partial charge in [0.05, 0.1) is 12.1 Å². The minimum Gasteiger partial charge on any atom is -0.312 e. The molecule has 2 aliphatic heterocycles. The summed E-state index contributed by atoms with van der Waals surface area (Å²) in [6, 6.07) is 4.21. The summed E-state index contributed by atoms with van der Waals surface area (Å²) in [5, 5.41) is 0. The molecule has 1 amide bonds. The van der Waals surface area contributed by atoms with E-state index < -0.39 is 0 Å². The Balaban J connectivity index is 2.26. The molecule has 0 atom stereocenters. The number of carbonyl (C=O) groups excluding carboxylic acids is 1. The van der Waals surface area contributed by atoms with Gasteiger partial charge in [0.25, 0.3) is 0 Å². The Bertz CT molecular complexity index is 428. The van der Waals surface area contributed by atoms with Crippen molar-refractivity contribution in [3.05, 3.63) is 27.7 Å². The van der Waals surface area contributed by atoms with Crippen LogP contribution in [0.25, 0.3) is 0 Å². The summed E-state index contributed by atoms with van der Waals surface area (Å²) < 4.78 is 1.10. The van der Waals surface area contributed by atoms with Crippen molar-refractivity contribution in [1.29, 1.82) is 0 Å². The van der Waals surface area contributed by atoms with E-state index in [2.05, 4.69) is 28.1 Å². The number of anilines is 1. The molecule has 1 aromatic carbocycles. The van der Waals surface area contributed by atoms with Crippen LogP contribution < -0.4 is 4.90 Å². The molecule has 0 aliphatic carbocycles. The largest absolute Gasteiger partial charge is 0.312 e. The number of benzene rings is 1. The Labute approximate surface area is 91.0 Å². The first-order chi connectivity index (χ1) is 6.75. The van der Waals surface area contributed by atoms with Gasteiger partial charge in [0.1, 0.15) is 0 Å². The fraction of sp³-hybridized carbons (Fsp3) is 0.364. The maximum atomic E-state index is 11.7. The summed E-state index contributed by atoms with van der Waals surface area (Å²) in [6.45, 7) is 0.903. The second-order valence-corrected chi connectivity index (χ2v) is 4.81. The molecule has 0 saturated carbocycles. The summed E-state index contributed by atoms with van der Waals surface area (Å²) in [4.78, 5) is 13.6. The number of rotatable bonds is 0. The molecule has 0 N–H and O–H groups in total. The first kappa shape index (κ1) is 8.48. The van der Waals surface area contributed by atoms with Gasteiger partial charge in [-0.3, -0.25) is 4.79 Å². The SMILES string of the molecule is O=C1Cc2cc(Br)cc3c2N1CCC3. The highest BCUT2D eigenvalue weighted by atomic mass is 79.9. The van der Waals surface area contributed by atoms with Crippen molar-refractivity contribution >= 4 is 27.5 Å². The third kappa shape index (κ3) is 1.05. The topological polar surface area (TPSA) is 20.3 Å². The molecule has 2 aliphatic rings. The van der Waals surface area contributed by atoms with Gasteiger partial charge in [-0.1, -0.05) is 15.9 Å². The van der Waals surface area contributed by atoms with E-state index >= 15 is 0 Å². The lowest BCUT2D eigenvalue weighted by atomic mass is 10.0. The first-order valence-corrected chi connectivity index (χ1v) is 5.66. The van der Waals surface area contributed by atoms with E-state index in [0.717, 1.165) is 23.9 Å². The summed E-state index contributed by atoms with van der Waals surface area (Å²) in [5.74, 6) is 0.263. The minimum absolute atomic E-state index is 0.263. The van der Waals surface area contributed by atoms with Crippen LogP contribution in [0.1, 0.15) is 17.5 Å². The molecule has 2 nitrogen and oxygen atoms in total. The van der Waals surface area contributed by atoms with Gasteiger partial charge in [0.15, 0.2) is 0 Å². The highest BCUT2D eigenvalue weighted by Crippen LogP contribution is 2.38. The molecule has 2 heterocycles. The van der Waals surface area contributed by atoms with Gasteiger partial charge >= 0.3 is 0 Å². The normalized spacial score (nSPS) is 18.6. The molecule has 0 unspecified atom stereocenters. The molecular formula is C11H10BrNO. The van der Waals surface area contributed by atoms with Gasteiger partial charge in [0, 0.05) is 11.0 Å². The van der Waals surface area contributed by atoms with Crippen LogP contribution in [0.2, 0.25) is 0 Å². The Morgan fingerprint density at radius 2 is 2.07 bits per heavy atom. The Morgan fingerprint density at radius 3 is 2.93 bits per heavy atom. The zero-order valence-electron chi connectivity index (χ0n) is 7.72. The van der Waals surface area contributed by atoms with Crippen molar-refractivity contribution in [1.82, 2.24) is 0 Å². The summed E-state index contributed by atoms with van der Waals surface area (Å²) in [5.41, 5.74) is 3.72. The van der Waals surface area contributed by atoms with Crippen molar-refractivity contribution in [2.45, 2.75) is 19.3 Å². The van der Waals surface area contributed by atoms with Crippen molar-refractivity contribution < 1.29 is 4.79 Å². The molecule has 0 radical (unpaired) electrons. The van der Waals surface area contributed by atoms with Gasteiger partial charge in [-0.2, -0.15) is 0 Å². The van der Waals surface area contributed by atoms with Crippen molar-refractivity contribution in [3.63, 3.8) is 0 Å². The van der Waals surface area contributed by atoms with E-state index in [9.17, 15) is 4.79 Å². The van der Waals surface area contributed by atoms with Gasteiger partial charge < -0.3 is 4.90 Å². The number of halogens is 1. The first-order valence-electron chi connectivity index (χ1n) is 4.87. The molecule has 72 valence electrons. The van der Waals surface area contributed by atoms with Crippen LogP contribution in [-0.4, -0.2) is 12.5 Å². The molecule has 3 rings (SSSR count).